The third-order valence-electron chi connectivity index (χ3n) is 3.62. The quantitative estimate of drug-likeness (QED) is 0.593. The molecule has 0 aliphatic rings. The summed E-state index contributed by atoms with van der Waals surface area (Å²) in [5.74, 6) is 6.15. The predicted octanol–water partition coefficient (Wildman–Crippen LogP) is 2.26. The molecule has 6 heteroatoms. The SMILES string of the molecule is Cc1cccc(C)c1-n1cnc(N(N)c2ccccc2)nc1=O. The molecule has 3 aromatic rings. The Hall–Kier alpha value is -2.99. The Morgan fingerprint density at radius 3 is 2.26 bits per heavy atom. The maximum Gasteiger partial charge on any atom is 0.356 e. The zero-order valence-corrected chi connectivity index (χ0v) is 13.0. The third kappa shape index (κ3) is 2.84. The van der Waals surface area contributed by atoms with Crippen molar-refractivity contribution in [1.82, 2.24) is 14.5 Å². The standard InChI is InChI=1S/C17H17N5O/c1-12-7-6-8-13(2)15(12)21-11-19-16(20-17(21)23)22(18)14-9-4-3-5-10-14/h3-11H,18H2,1-2H3. The summed E-state index contributed by atoms with van der Waals surface area (Å²) in [7, 11) is 0. The number of nitrogens with zero attached hydrogens (tertiary/aromatic N) is 4. The number of nitrogens with two attached hydrogens (primary N) is 1. The van der Waals surface area contributed by atoms with Crippen molar-refractivity contribution >= 4 is 11.6 Å². The van der Waals surface area contributed by atoms with Gasteiger partial charge in [-0.25, -0.2) is 20.6 Å². The van der Waals surface area contributed by atoms with Gasteiger partial charge in [0.25, 0.3) is 5.95 Å². The molecule has 0 fully saturated rings. The van der Waals surface area contributed by atoms with E-state index >= 15 is 0 Å². The zero-order valence-electron chi connectivity index (χ0n) is 13.0. The van der Waals surface area contributed by atoms with Gasteiger partial charge in [0.2, 0.25) is 0 Å². The van der Waals surface area contributed by atoms with Crippen molar-refractivity contribution in [2.45, 2.75) is 13.8 Å². The molecule has 0 aliphatic carbocycles. The summed E-state index contributed by atoms with van der Waals surface area (Å²) >= 11 is 0. The second-order valence-corrected chi connectivity index (χ2v) is 5.25. The Bertz CT molecular complexity index is 869. The lowest BCUT2D eigenvalue weighted by atomic mass is 10.1. The van der Waals surface area contributed by atoms with E-state index in [0.29, 0.717) is 5.69 Å². The monoisotopic (exact) mass is 307 g/mol. The van der Waals surface area contributed by atoms with Crippen molar-refractivity contribution in [3.63, 3.8) is 0 Å². The summed E-state index contributed by atoms with van der Waals surface area (Å²) in [6.07, 6.45) is 1.46. The minimum Gasteiger partial charge on any atom is -0.250 e. The number of rotatable bonds is 3. The highest BCUT2D eigenvalue weighted by Crippen LogP contribution is 2.18. The lowest BCUT2D eigenvalue weighted by Crippen LogP contribution is -2.32. The van der Waals surface area contributed by atoms with Gasteiger partial charge in [0.05, 0.1) is 11.4 Å². The van der Waals surface area contributed by atoms with Gasteiger partial charge in [-0.1, -0.05) is 36.4 Å². The lowest BCUT2D eigenvalue weighted by molar-refractivity contribution is 0.825. The van der Waals surface area contributed by atoms with E-state index in [1.165, 1.54) is 15.9 Å². The van der Waals surface area contributed by atoms with Crippen LogP contribution in [0, 0.1) is 13.8 Å². The first-order valence-corrected chi connectivity index (χ1v) is 7.20. The molecule has 0 radical (unpaired) electrons. The zero-order chi connectivity index (χ0) is 16.4. The van der Waals surface area contributed by atoms with Crippen LogP contribution >= 0.6 is 0 Å². The number of hydrogen-bond acceptors (Lipinski definition) is 5. The van der Waals surface area contributed by atoms with E-state index in [1.807, 2.05) is 62.4 Å². The van der Waals surface area contributed by atoms with Gasteiger partial charge in [0, 0.05) is 0 Å². The van der Waals surface area contributed by atoms with Gasteiger partial charge in [0.1, 0.15) is 6.33 Å². The maximum absolute atomic E-state index is 12.4. The van der Waals surface area contributed by atoms with E-state index in [1.54, 1.807) is 0 Å². The first kappa shape index (κ1) is 14.9. The molecule has 0 bridgehead atoms. The molecule has 23 heavy (non-hydrogen) atoms. The highest BCUT2D eigenvalue weighted by molar-refractivity contribution is 5.54. The van der Waals surface area contributed by atoms with Crippen LogP contribution in [0.2, 0.25) is 0 Å². The number of para-hydroxylation sites is 2. The number of aryl methyl sites for hydroxylation is 2. The molecule has 0 atom stereocenters. The molecule has 0 saturated heterocycles. The Morgan fingerprint density at radius 1 is 1.00 bits per heavy atom. The fraction of sp³-hybridized carbons (Fsp3) is 0.118. The average molecular weight is 307 g/mol. The molecule has 3 rings (SSSR count). The van der Waals surface area contributed by atoms with Gasteiger partial charge >= 0.3 is 5.69 Å². The smallest absolute Gasteiger partial charge is 0.250 e. The van der Waals surface area contributed by atoms with Gasteiger partial charge in [-0.15, -0.1) is 0 Å². The largest absolute Gasteiger partial charge is 0.356 e. The molecule has 1 aromatic heterocycles. The fourth-order valence-corrected chi connectivity index (χ4v) is 2.49. The summed E-state index contributed by atoms with van der Waals surface area (Å²) in [6.45, 7) is 3.89. The molecular formula is C17H17N5O. The number of hydrogen-bond donors (Lipinski definition) is 1. The summed E-state index contributed by atoms with van der Waals surface area (Å²) < 4.78 is 1.44. The average Bonchev–Trinajstić information content (AvgIpc) is 2.56. The first-order chi connectivity index (χ1) is 11.1. The maximum atomic E-state index is 12.4. The molecule has 0 saturated carbocycles. The molecule has 1 heterocycles. The fourth-order valence-electron chi connectivity index (χ4n) is 2.49. The summed E-state index contributed by atoms with van der Waals surface area (Å²) in [5.41, 5.74) is 3.05. The highest BCUT2D eigenvalue weighted by Gasteiger charge is 2.12. The van der Waals surface area contributed by atoms with E-state index in [-0.39, 0.29) is 5.95 Å². The Morgan fingerprint density at radius 2 is 1.65 bits per heavy atom. The van der Waals surface area contributed by atoms with E-state index in [2.05, 4.69) is 9.97 Å². The first-order valence-electron chi connectivity index (χ1n) is 7.20. The van der Waals surface area contributed by atoms with Crippen LogP contribution in [0.5, 0.6) is 0 Å². The molecule has 2 N–H and O–H groups in total. The molecule has 0 unspecified atom stereocenters. The third-order valence-corrected chi connectivity index (χ3v) is 3.62. The van der Waals surface area contributed by atoms with Crippen LogP contribution < -0.4 is 16.5 Å². The van der Waals surface area contributed by atoms with Crippen LogP contribution in [-0.4, -0.2) is 14.5 Å². The summed E-state index contributed by atoms with van der Waals surface area (Å²) in [5, 5.41) is 1.29. The van der Waals surface area contributed by atoms with Gasteiger partial charge < -0.3 is 0 Å². The summed E-state index contributed by atoms with van der Waals surface area (Å²) in [4.78, 5) is 20.6. The minimum atomic E-state index is -0.418. The van der Waals surface area contributed by atoms with E-state index in [9.17, 15) is 4.79 Å². The lowest BCUT2D eigenvalue weighted by Gasteiger charge is -2.17. The number of hydrazine groups is 1. The minimum absolute atomic E-state index is 0.156. The van der Waals surface area contributed by atoms with Crippen LogP contribution in [0.3, 0.4) is 0 Å². The van der Waals surface area contributed by atoms with E-state index in [4.69, 9.17) is 5.84 Å². The molecule has 0 spiro atoms. The normalized spacial score (nSPS) is 10.6. The molecule has 2 aromatic carbocycles. The van der Waals surface area contributed by atoms with Crippen LogP contribution in [0.4, 0.5) is 11.6 Å². The van der Waals surface area contributed by atoms with Crippen LogP contribution in [0.15, 0.2) is 59.7 Å². The van der Waals surface area contributed by atoms with Crippen LogP contribution in [0.25, 0.3) is 5.69 Å². The Labute approximate surface area is 133 Å². The van der Waals surface area contributed by atoms with Crippen molar-refractivity contribution in [3.05, 3.63) is 76.5 Å². The Kier molecular flexibility index (Phi) is 3.91. The number of benzene rings is 2. The van der Waals surface area contributed by atoms with Crippen LogP contribution in [-0.2, 0) is 0 Å². The number of aromatic nitrogens is 3. The Balaban J connectivity index is 2.04. The summed E-state index contributed by atoms with van der Waals surface area (Å²) in [6, 6.07) is 15.1. The molecular weight excluding hydrogens is 290 g/mol. The predicted molar refractivity (Wildman–Crippen MR) is 89.9 cm³/mol. The topological polar surface area (TPSA) is 77.0 Å². The van der Waals surface area contributed by atoms with Crippen molar-refractivity contribution in [2.75, 3.05) is 5.01 Å². The second kappa shape index (κ2) is 6.02. The second-order valence-electron chi connectivity index (χ2n) is 5.25. The van der Waals surface area contributed by atoms with Crippen molar-refractivity contribution in [2.24, 2.45) is 5.84 Å². The number of anilines is 2. The van der Waals surface area contributed by atoms with Gasteiger partial charge in [-0.3, -0.25) is 4.57 Å². The highest BCUT2D eigenvalue weighted by atomic mass is 16.1. The van der Waals surface area contributed by atoms with E-state index < -0.39 is 5.69 Å². The van der Waals surface area contributed by atoms with Gasteiger partial charge in [-0.2, -0.15) is 4.98 Å². The van der Waals surface area contributed by atoms with Crippen molar-refractivity contribution < 1.29 is 0 Å². The van der Waals surface area contributed by atoms with Gasteiger partial charge in [-0.05, 0) is 37.1 Å². The molecule has 0 aliphatic heterocycles. The van der Waals surface area contributed by atoms with Crippen LogP contribution in [0.1, 0.15) is 11.1 Å². The molecule has 116 valence electrons. The van der Waals surface area contributed by atoms with E-state index in [0.717, 1.165) is 16.8 Å². The van der Waals surface area contributed by atoms with Crippen molar-refractivity contribution in [3.8, 4) is 5.69 Å². The van der Waals surface area contributed by atoms with Crippen molar-refractivity contribution in [1.29, 1.82) is 0 Å². The molecule has 6 nitrogen and oxygen atoms in total. The van der Waals surface area contributed by atoms with Gasteiger partial charge in [0.15, 0.2) is 0 Å². The molecule has 0 amide bonds.